The topological polar surface area (TPSA) is 58.1 Å². The second-order valence-corrected chi connectivity index (χ2v) is 6.07. The van der Waals surface area contributed by atoms with Gasteiger partial charge in [0.2, 0.25) is 5.91 Å². The Kier molecular flexibility index (Phi) is 5.08. The Morgan fingerprint density at radius 3 is 2.52 bits per heavy atom. The predicted octanol–water partition coefficient (Wildman–Crippen LogP) is 2.66. The highest BCUT2D eigenvalue weighted by Gasteiger charge is 2.25. The van der Waals surface area contributed by atoms with Gasteiger partial charge in [0.05, 0.1) is 0 Å². The summed E-state index contributed by atoms with van der Waals surface area (Å²) in [6, 6.07) is 13.6. The Morgan fingerprint density at radius 2 is 1.87 bits per heavy atom. The van der Waals surface area contributed by atoms with Crippen molar-refractivity contribution >= 4 is 23.3 Å². The molecule has 2 aromatic rings. The van der Waals surface area contributed by atoms with Crippen LogP contribution in [0.4, 0.5) is 5.82 Å². The zero-order valence-electron chi connectivity index (χ0n) is 12.8. The Balaban J connectivity index is 1.48. The van der Waals surface area contributed by atoms with Crippen LogP contribution >= 0.6 is 11.6 Å². The van der Waals surface area contributed by atoms with Gasteiger partial charge in [-0.2, -0.15) is 0 Å². The zero-order chi connectivity index (χ0) is 16.1. The van der Waals surface area contributed by atoms with Gasteiger partial charge < -0.3 is 10.2 Å². The molecule has 1 saturated heterocycles. The van der Waals surface area contributed by atoms with Gasteiger partial charge in [0.15, 0.2) is 11.0 Å². The molecule has 0 unspecified atom stereocenters. The zero-order valence-corrected chi connectivity index (χ0v) is 13.5. The summed E-state index contributed by atoms with van der Waals surface area (Å²) in [5, 5.41) is 11.4. The SMILES string of the molecule is O=C(NCc1ccccc1)C1CCN(c2ccc(Cl)nn2)CC1. The van der Waals surface area contributed by atoms with E-state index in [4.69, 9.17) is 11.6 Å². The van der Waals surface area contributed by atoms with Crippen LogP contribution in [0.2, 0.25) is 5.15 Å². The maximum atomic E-state index is 12.3. The van der Waals surface area contributed by atoms with Gasteiger partial charge in [0.25, 0.3) is 0 Å². The lowest BCUT2D eigenvalue weighted by atomic mass is 9.96. The van der Waals surface area contributed by atoms with E-state index in [1.165, 1.54) is 0 Å². The summed E-state index contributed by atoms with van der Waals surface area (Å²) in [7, 11) is 0. The molecule has 3 rings (SSSR count). The van der Waals surface area contributed by atoms with Crippen LogP contribution in [-0.2, 0) is 11.3 Å². The molecular formula is C17H19ClN4O. The van der Waals surface area contributed by atoms with Crippen molar-refractivity contribution < 1.29 is 4.79 Å². The first kappa shape index (κ1) is 15.7. The molecule has 0 saturated carbocycles. The largest absolute Gasteiger partial charge is 0.355 e. The van der Waals surface area contributed by atoms with Crippen molar-refractivity contribution in [3.63, 3.8) is 0 Å². The Hall–Kier alpha value is -2.14. The van der Waals surface area contributed by atoms with Gasteiger partial charge in [-0.1, -0.05) is 41.9 Å². The van der Waals surface area contributed by atoms with Crippen molar-refractivity contribution in [2.75, 3.05) is 18.0 Å². The molecular weight excluding hydrogens is 312 g/mol. The number of nitrogens with zero attached hydrogens (tertiary/aromatic N) is 3. The number of amides is 1. The summed E-state index contributed by atoms with van der Waals surface area (Å²) in [5.74, 6) is 1.02. The van der Waals surface area contributed by atoms with Crippen LogP contribution in [0, 0.1) is 5.92 Å². The van der Waals surface area contributed by atoms with Crippen LogP contribution in [0.25, 0.3) is 0 Å². The monoisotopic (exact) mass is 330 g/mol. The number of rotatable bonds is 4. The number of halogens is 1. The van der Waals surface area contributed by atoms with Gasteiger partial charge in [0.1, 0.15) is 0 Å². The smallest absolute Gasteiger partial charge is 0.223 e. The summed E-state index contributed by atoms with van der Waals surface area (Å²) in [5.41, 5.74) is 1.12. The Bertz CT molecular complexity index is 639. The van der Waals surface area contributed by atoms with Gasteiger partial charge in [-0.25, -0.2) is 0 Å². The lowest BCUT2D eigenvalue weighted by Gasteiger charge is -2.31. The number of aromatic nitrogens is 2. The molecule has 1 amide bonds. The second kappa shape index (κ2) is 7.42. The molecule has 0 radical (unpaired) electrons. The summed E-state index contributed by atoms with van der Waals surface area (Å²) < 4.78 is 0. The summed E-state index contributed by atoms with van der Waals surface area (Å²) in [6.07, 6.45) is 1.65. The molecule has 0 aliphatic carbocycles. The van der Waals surface area contributed by atoms with E-state index in [2.05, 4.69) is 20.4 Å². The molecule has 2 heterocycles. The Morgan fingerprint density at radius 1 is 1.13 bits per heavy atom. The van der Waals surface area contributed by atoms with Crippen LogP contribution in [0.15, 0.2) is 42.5 Å². The van der Waals surface area contributed by atoms with Crippen molar-refractivity contribution in [2.24, 2.45) is 5.92 Å². The maximum absolute atomic E-state index is 12.3. The number of hydrogen-bond acceptors (Lipinski definition) is 4. The highest BCUT2D eigenvalue weighted by Crippen LogP contribution is 2.22. The van der Waals surface area contributed by atoms with Crippen molar-refractivity contribution in [3.05, 3.63) is 53.2 Å². The maximum Gasteiger partial charge on any atom is 0.223 e. The van der Waals surface area contributed by atoms with E-state index in [-0.39, 0.29) is 11.8 Å². The molecule has 5 nitrogen and oxygen atoms in total. The third-order valence-corrected chi connectivity index (χ3v) is 4.32. The van der Waals surface area contributed by atoms with Crippen molar-refractivity contribution in [1.82, 2.24) is 15.5 Å². The van der Waals surface area contributed by atoms with Crippen LogP contribution < -0.4 is 10.2 Å². The molecule has 6 heteroatoms. The predicted molar refractivity (Wildman–Crippen MR) is 90.3 cm³/mol. The van der Waals surface area contributed by atoms with E-state index >= 15 is 0 Å². The fourth-order valence-corrected chi connectivity index (χ4v) is 2.88. The first-order chi connectivity index (χ1) is 11.2. The van der Waals surface area contributed by atoms with E-state index in [0.717, 1.165) is 37.3 Å². The number of hydrogen-bond donors (Lipinski definition) is 1. The minimum absolute atomic E-state index is 0.0650. The van der Waals surface area contributed by atoms with E-state index in [1.807, 2.05) is 36.4 Å². The van der Waals surface area contributed by atoms with Crippen LogP contribution in [0.1, 0.15) is 18.4 Å². The standard InChI is InChI=1S/C17H19ClN4O/c18-15-6-7-16(21-20-15)22-10-8-14(9-11-22)17(23)19-12-13-4-2-1-3-5-13/h1-7,14H,8-12H2,(H,19,23). The van der Waals surface area contributed by atoms with Gasteiger partial charge >= 0.3 is 0 Å². The van der Waals surface area contributed by atoms with Crippen molar-refractivity contribution in [2.45, 2.75) is 19.4 Å². The van der Waals surface area contributed by atoms with Gasteiger partial charge in [0, 0.05) is 25.6 Å². The van der Waals surface area contributed by atoms with Crippen LogP contribution in [-0.4, -0.2) is 29.2 Å². The molecule has 1 aliphatic rings. The fourth-order valence-electron chi connectivity index (χ4n) is 2.78. The lowest BCUT2D eigenvalue weighted by molar-refractivity contribution is -0.125. The second-order valence-electron chi connectivity index (χ2n) is 5.68. The molecule has 1 aromatic carbocycles. The summed E-state index contributed by atoms with van der Waals surface area (Å²) >= 11 is 5.76. The average Bonchev–Trinajstić information content (AvgIpc) is 2.61. The number of anilines is 1. The molecule has 1 fully saturated rings. The average molecular weight is 331 g/mol. The van der Waals surface area contributed by atoms with Crippen LogP contribution in [0.3, 0.4) is 0 Å². The van der Waals surface area contributed by atoms with Crippen LogP contribution in [0.5, 0.6) is 0 Å². The highest BCUT2D eigenvalue weighted by molar-refractivity contribution is 6.29. The number of benzene rings is 1. The van der Waals surface area contributed by atoms with Gasteiger partial charge in [-0.05, 0) is 30.5 Å². The molecule has 0 atom stereocenters. The molecule has 0 spiro atoms. The summed E-state index contributed by atoms with van der Waals surface area (Å²) in [4.78, 5) is 14.4. The number of nitrogens with one attached hydrogen (secondary N) is 1. The fraction of sp³-hybridized carbons (Fsp3) is 0.353. The van der Waals surface area contributed by atoms with E-state index < -0.39 is 0 Å². The Labute approximate surface area is 140 Å². The molecule has 1 aromatic heterocycles. The summed E-state index contributed by atoms with van der Waals surface area (Å²) in [6.45, 7) is 2.20. The van der Waals surface area contributed by atoms with Crippen molar-refractivity contribution in [3.8, 4) is 0 Å². The normalized spacial score (nSPS) is 15.4. The molecule has 1 N–H and O–H groups in total. The number of piperidine rings is 1. The first-order valence-corrected chi connectivity index (χ1v) is 8.16. The minimum atomic E-state index is 0.0650. The molecule has 1 aliphatic heterocycles. The van der Waals surface area contributed by atoms with E-state index in [1.54, 1.807) is 6.07 Å². The van der Waals surface area contributed by atoms with Crippen molar-refractivity contribution in [1.29, 1.82) is 0 Å². The number of carbonyl (C=O) groups is 1. The quantitative estimate of drug-likeness (QED) is 0.936. The highest BCUT2D eigenvalue weighted by atomic mass is 35.5. The lowest BCUT2D eigenvalue weighted by Crippen LogP contribution is -2.40. The molecule has 23 heavy (non-hydrogen) atoms. The number of carbonyl (C=O) groups excluding carboxylic acids is 1. The minimum Gasteiger partial charge on any atom is -0.355 e. The molecule has 120 valence electrons. The van der Waals surface area contributed by atoms with E-state index in [0.29, 0.717) is 11.7 Å². The van der Waals surface area contributed by atoms with Gasteiger partial charge in [-0.15, -0.1) is 10.2 Å². The third kappa shape index (κ3) is 4.20. The molecule has 0 bridgehead atoms. The first-order valence-electron chi connectivity index (χ1n) is 7.78. The third-order valence-electron chi connectivity index (χ3n) is 4.12. The van der Waals surface area contributed by atoms with E-state index in [9.17, 15) is 4.79 Å². The van der Waals surface area contributed by atoms with Gasteiger partial charge in [-0.3, -0.25) is 4.79 Å².